The number of morpholine rings is 1. The van der Waals surface area contributed by atoms with Crippen molar-refractivity contribution >= 4 is 41.5 Å². The maximum atomic E-state index is 12.4. The monoisotopic (exact) mass is 552 g/mol. The number of halogens is 1. The lowest BCUT2D eigenvalue weighted by Gasteiger charge is -2.34. The summed E-state index contributed by atoms with van der Waals surface area (Å²) < 4.78 is 7.74. The molecule has 1 aromatic carbocycles. The van der Waals surface area contributed by atoms with E-state index in [4.69, 9.17) is 4.74 Å². The first-order valence-electron chi connectivity index (χ1n) is 11.1. The van der Waals surface area contributed by atoms with E-state index in [0.717, 1.165) is 61.5 Å². The molecule has 174 valence electrons. The number of nitrogens with one attached hydrogen (secondary N) is 2. The van der Waals surface area contributed by atoms with Crippen LogP contribution in [0.5, 0.6) is 0 Å². The van der Waals surface area contributed by atoms with Gasteiger partial charge in [-0.3, -0.25) is 14.5 Å². The summed E-state index contributed by atoms with van der Waals surface area (Å²) in [5, 5.41) is 10.8. The van der Waals surface area contributed by atoms with Gasteiger partial charge in [-0.1, -0.05) is 25.0 Å². The molecule has 32 heavy (non-hydrogen) atoms. The Balaban J connectivity index is 0.00000289. The van der Waals surface area contributed by atoms with Gasteiger partial charge in [-0.2, -0.15) is 5.10 Å². The molecule has 2 fully saturated rings. The molecule has 1 saturated heterocycles. The van der Waals surface area contributed by atoms with Crippen molar-refractivity contribution < 1.29 is 9.53 Å². The Morgan fingerprint density at radius 1 is 1.31 bits per heavy atom. The molecule has 2 aromatic rings. The molecule has 2 N–H and O–H groups in total. The van der Waals surface area contributed by atoms with Crippen molar-refractivity contribution in [1.29, 1.82) is 0 Å². The molecule has 1 aliphatic carbocycles. The number of hydrogen-bond donors (Lipinski definition) is 2. The topological polar surface area (TPSA) is 83.8 Å². The summed E-state index contributed by atoms with van der Waals surface area (Å²) in [6, 6.07) is 8.02. The number of anilines is 1. The van der Waals surface area contributed by atoms with E-state index in [0.29, 0.717) is 13.2 Å². The number of ether oxygens (including phenoxy) is 1. The number of amides is 1. The molecular weight excluding hydrogens is 519 g/mol. The zero-order valence-electron chi connectivity index (χ0n) is 18.8. The molecule has 0 spiro atoms. The van der Waals surface area contributed by atoms with Crippen LogP contribution in [0.1, 0.15) is 42.9 Å². The normalized spacial score (nSPS) is 19.5. The molecule has 1 atom stereocenters. The summed E-state index contributed by atoms with van der Waals surface area (Å²) >= 11 is 0. The molecule has 2 aliphatic rings. The third-order valence-electron chi connectivity index (χ3n) is 6.05. The molecule has 8 nitrogen and oxygen atoms in total. The molecule has 1 aromatic heterocycles. The first kappa shape index (κ1) is 24.5. The number of aliphatic imine (C=N–C) groups is 1. The minimum absolute atomic E-state index is 0. The van der Waals surface area contributed by atoms with E-state index in [2.05, 4.69) is 31.7 Å². The Morgan fingerprint density at radius 3 is 2.84 bits per heavy atom. The lowest BCUT2D eigenvalue weighted by atomic mass is 10.1. The third-order valence-corrected chi connectivity index (χ3v) is 6.05. The van der Waals surface area contributed by atoms with Crippen LogP contribution >= 0.6 is 24.0 Å². The summed E-state index contributed by atoms with van der Waals surface area (Å²) in [5.41, 5.74) is 3.03. The number of hydrogen-bond acceptors (Lipinski definition) is 4. The fraction of sp³-hybridized carbons (Fsp3) is 0.522. The Bertz CT molecular complexity index is 925. The fourth-order valence-corrected chi connectivity index (χ4v) is 4.35. The first-order valence-corrected chi connectivity index (χ1v) is 11.1. The quantitative estimate of drug-likeness (QED) is 0.338. The van der Waals surface area contributed by atoms with Crippen LogP contribution in [0.2, 0.25) is 0 Å². The average Bonchev–Trinajstić information content (AvgIpc) is 3.47. The zero-order chi connectivity index (χ0) is 21.6. The van der Waals surface area contributed by atoms with Gasteiger partial charge in [0.2, 0.25) is 5.91 Å². The predicted molar refractivity (Wildman–Crippen MR) is 136 cm³/mol. The number of aromatic nitrogens is 2. The number of aryl methyl sites for hydroxylation is 1. The van der Waals surface area contributed by atoms with Crippen LogP contribution in [0.15, 0.2) is 41.7 Å². The number of carbonyl (C=O) groups excluding carboxylic acids is 1. The van der Waals surface area contributed by atoms with E-state index in [1.54, 1.807) is 11.7 Å². The molecule has 1 saturated carbocycles. The fourth-order valence-electron chi connectivity index (χ4n) is 4.35. The van der Waals surface area contributed by atoms with Gasteiger partial charge in [0.1, 0.15) is 6.10 Å². The molecule has 0 bridgehead atoms. The minimum Gasteiger partial charge on any atom is -0.370 e. The lowest BCUT2D eigenvalue weighted by Crippen LogP contribution is -2.47. The average molecular weight is 552 g/mol. The van der Waals surface area contributed by atoms with Gasteiger partial charge >= 0.3 is 0 Å². The van der Waals surface area contributed by atoms with Crippen LogP contribution in [0, 0.1) is 5.92 Å². The van der Waals surface area contributed by atoms with Gasteiger partial charge < -0.3 is 20.3 Å². The summed E-state index contributed by atoms with van der Waals surface area (Å²) in [7, 11) is 3.71. The molecule has 1 unspecified atom stereocenters. The van der Waals surface area contributed by atoms with Gasteiger partial charge in [0, 0.05) is 50.6 Å². The van der Waals surface area contributed by atoms with Crippen LogP contribution in [0.4, 0.5) is 5.69 Å². The maximum absolute atomic E-state index is 12.4. The van der Waals surface area contributed by atoms with Crippen LogP contribution in [-0.2, 0) is 23.1 Å². The van der Waals surface area contributed by atoms with Gasteiger partial charge in [-0.15, -0.1) is 24.0 Å². The Morgan fingerprint density at radius 2 is 2.12 bits per heavy atom. The van der Waals surface area contributed by atoms with Gasteiger partial charge in [0.05, 0.1) is 19.3 Å². The molecule has 9 heteroatoms. The highest BCUT2D eigenvalue weighted by Gasteiger charge is 2.25. The molecular formula is C23H33IN6O2. The SMILES string of the molecule is CN=C(NCc1cccc(NC(=O)C2CCCC2)c1)N1CCOC(c2cnn(C)c2)C1.I. The van der Waals surface area contributed by atoms with E-state index in [9.17, 15) is 4.79 Å². The summed E-state index contributed by atoms with van der Waals surface area (Å²) in [6.45, 7) is 2.79. The van der Waals surface area contributed by atoms with E-state index < -0.39 is 0 Å². The number of benzene rings is 1. The Hall–Kier alpha value is -2.14. The van der Waals surface area contributed by atoms with Crippen LogP contribution in [0.3, 0.4) is 0 Å². The van der Waals surface area contributed by atoms with Crippen molar-refractivity contribution in [2.75, 3.05) is 32.1 Å². The molecule has 1 aliphatic heterocycles. The second kappa shape index (κ2) is 11.6. The van der Waals surface area contributed by atoms with E-state index in [1.165, 1.54) is 0 Å². The minimum atomic E-state index is -0.0184. The maximum Gasteiger partial charge on any atom is 0.227 e. The standard InChI is InChI=1S/C23H32N6O2.HI/c1-24-23(29-10-11-31-21(16-29)19-14-26-28(2)15-19)25-13-17-6-5-9-20(12-17)27-22(30)18-7-3-4-8-18;/h5-6,9,12,14-15,18,21H,3-4,7-8,10-11,13,16H2,1-2H3,(H,24,25)(H,27,30);1H. The van der Waals surface area contributed by atoms with E-state index in [-0.39, 0.29) is 41.9 Å². The molecule has 0 radical (unpaired) electrons. The van der Waals surface area contributed by atoms with Gasteiger partial charge in [0.25, 0.3) is 0 Å². The number of rotatable bonds is 5. The van der Waals surface area contributed by atoms with Crippen LogP contribution < -0.4 is 10.6 Å². The van der Waals surface area contributed by atoms with Crippen LogP contribution in [-0.4, -0.2) is 53.3 Å². The molecule has 1 amide bonds. The summed E-state index contributed by atoms with van der Waals surface area (Å²) in [6.07, 6.45) is 8.15. The number of carbonyl (C=O) groups is 1. The summed E-state index contributed by atoms with van der Waals surface area (Å²) in [4.78, 5) is 19.1. The van der Waals surface area contributed by atoms with Crippen molar-refractivity contribution in [3.63, 3.8) is 0 Å². The highest BCUT2D eigenvalue weighted by atomic mass is 127. The first-order chi connectivity index (χ1) is 15.1. The Kier molecular flexibility index (Phi) is 8.92. The molecule has 2 heterocycles. The van der Waals surface area contributed by atoms with Gasteiger partial charge in [-0.25, -0.2) is 0 Å². The Labute approximate surface area is 206 Å². The summed E-state index contributed by atoms with van der Waals surface area (Å²) in [5.74, 6) is 1.15. The van der Waals surface area contributed by atoms with Crippen LogP contribution in [0.25, 0.3) is 0 Å². The van der Waals surface area contributed by atoms with Crippen molar-refractivity contribution in [3.8, 4) is 0 Å². The predicted octanol–water partition coefficient (Wildman–Crippen LogP) is 3.32. The number of guanidine groups is 1. The highest BCUT2D eigenvalue weighted by molar-refractivity contribution is 14.0. The van der Waals surface area contributed by atoms with E-state index in [1.807, 2.05) is 37.6 Å². The smallest absolute Gasteiger partial charge is 0.227 e. The van der Waals surface area contributed by atoms with Crippen molar-refractivity contribution in [3.05, 3.63) is 47.8 Å². The van der Waals surface area contributed by atoms with Crippen molar-refractivity contribution in [1.82, 2.24) is 20.0 Å². The van der Waals surface area contributed by atoms with Gasteiger partial charge in [0.15, 0.2) is 5.96 Å². The van der Waals surface area contributed by atoms with Gasteiger partial charge in [-0.05, 0) is 30.5 Å². The highest BCUT2D eigenvalue weighted by Crippen LogP contribution is 2.26. The van der Waals surface area contributed by atoms with Crippen molar-refractivity contribution in [2.24, 2.45) is 18.0 Å². The zero-order valence-corrected chi connectivity index (χ0v) is 21.1. The second-order valence-corrected chi connectivity index (χ2v) is 8.32. The van der Waals surface area contributed by atoms with E-state index >= 15 is 0 Å². The largest absolute Gasteiger partial charge is 0.370 e. The third kappa shape index (κ3) is 6.22. The lowest BCUT2D eigenvalue weighted by molar-refractivity contribution is -0.119. The second-order valence-electron chi connectivity index (χ2n) is 8.32. The van der Waals surface area contributed by atoms with Crippen molar-refractivity contribution in [2.45, 2.75) is 38.3 Å². The number of nitrogens with zero attached hydrogens (tertiary/aromatic N) is 4. The molecule has 4 rings (SSSR count).